The highest BCUT2D eigenvalue weighted by molar-refractivity contribution is 6.05. The van der Waals surface area contributed by atoms with Crippen molar-refractivity contribution in [2.45, 2.75) is 66.5 Å². The monoisotopic (exact) mass is 1220 g/mol. The summed E-state index contributed by atoms with van der Waals surface area (Å²) in [6.45, 7) is 13.8. The van der Waals surface area contributed by atoms with Crippen molar-refractivity contribution in [3.8, 4) is 68.3 Å². The van der Waals surface area contributed by atoms with Gasteiger partial charge in [-0.2, -0.15) is 0 Å². The number of aryl methyl sites for hydroxylation is 4. The zero-order valence-corrected chi connectivity index (χ0v) is 52.3. The molecule has 13 rings (SSSR count). The number of nitrogens with zero attached hydrogens (tertiary/aromatic N) is 11. The Balaban J connectivity index is 0.000000192. The molecule has 91 heavy (non-hydrogen) atoms. The second kappa shape index (κ2) is 26.6. The number of hydrogen-bond donors (Lipinski definition) is 2. The molecule has 0 atom stereocenters. The maximum absolute atomic E-state index is 13.6. The van der Waals surface area contributed by atoms with E-state index >= 15 is 0 Å². The lowest BCUT2D eigenvalue weighted by atomic mass is 9.98. The number of carbonyl (C=O) groups excluding carboxylic acids is 1. The van der Waals surface area contributed by atoms with Crippen LogP contribution in [0.1, 0.15) is 66.2 Å². The minimum atomic E-state index is -0.571. The van der Waals surface area contributed by atoms with Crippen LogP contribution in [0.4, 0.5) is 11.4 Å². The molecule has 0 spiro atoms. The third-order valence-corrected chi connectivity index (χ3v) is 17.2. The lowest BCUT2D eigenvalue weighted by molar-refractivity contribution is 0.0997. The Morgan fingerprint density at radius 3 is 1.56 bits per heavy atom. The number of amides is 1. The molecule has 0 aliphatic carbocycles. The molecule has 0 unspecified atom stereocenters. The van der Waals surface area contributed by atoms with Crippen LogP contribution in [-0.2, 0) is 38.8 Å². The first-order valence-corrected chi connectivity index (χ1v) is 30.2. The molecule has 20 nitrogen and oxygen atoms in total. The van der Waals surface area contributed by atoms with Crippen LogP contribution < -0.4 is 35.4 Å². The first-order chi connectivity index (χ1) is 44.2. The molecule has 7 aromatic carbocycles. The first kappa shape index (κ1) is 60.7. The Hall–Kier alpha value is -10.6. The fourth-order valence-corrected chi connectivity index (χ4v) is 11.6. The number of nitrogen functional groups attached to an aromatic ring is 1. The highest BCUT2D eigenvalue weighted by Gasteiger charge is 2.24. The molecule has 0 radical (unpaired) electrons. The van der Waals surface area contributed by atoms with Crippen LogP contribution in [0.25, 0.3) is 56.2 Å². The minimum absolute atomic E-state index is 0.110. The number of pyridine rings is 1. The molecule has 0 fully saturated rings. The number of ether oxygens (including phenoxy) is 4. The number of carbonyl (C=O) groups is 1. The van der Waals surface area contributed by atoms with E-state index in [0.717, 1.165) is 138 Å². The molecule has 2 aliphatic rings. The molecule has 0 bridgehead atoms. The van der Waals surface area contributed by atoms with Gasteiger partial charge in [-0.25, -0.2) is 0 Å². The van der Waals surface area contributed by atoms with Gasteiger partial charge in [0.2, 0.25) is 11.6 Å². The number of nitrogens with two attached hydrogens (primary N) is 1. The molecular formula is C71H71N13O7. The first-order valence-electron chi connectivity index (χ1n) is 30.2. The van der Waals surface area contributed by atoms with Crippen molar-refractivity contribution in [1.29, 1.82) is 0 Å². The van der Waals surface area contributed by atoms with E-state index in [4.69, 9.17) is 29.1 Å². The average molecular weight is 1220 g/mol. The van der Waals surface area contributed by atoms with Gasteiger partial charge in [0.15, 0.2) is 34.2 Å². The molecule has 11 aromatic rings. The highest BCUT2D eigenvalue weighted by atomic mass is 16.5. The van der Waals surface area contributed by atoms with Crippen molar-refractivity contribution >= 4 is 28.3 Å². The van der Waals surface area contributed by atoms with Crippen molar-refractivity contribution in [3.63, 3.8) is 0 Å². The predicted molar refractivity (Wildman–Crippen MR) is 351 cm³/mol. The Kier molecular flexibility index (Phi) is 17.8. The van der Waals surface area contributed by atoms with Gasteiger partial charge in [0, 0.05) is 74.5 Å². The predicted octanol–water partition coefficient (Wildman–Crippen LogP) is 11.1. The van der Waals surface area contributed by atoms with Crippen LogP contribution in [-0.4, -0.2) is 116 Å². The summed E-state index contributed by atoms with van der Waals surface area (Å²) in [5, 5.41) is 29.7. The Labute approximate surface area is 527 Å². The van der Waals surface area contributed by atoms with Crippen LogP contribution in [0.5, 0.6) is 23.0 Å². The maximum Gasteiger partial charge on any atom is 0.291 e. The van der Waals surface area contributed by atoms with Crippen molar-refractivity contribution in [2.24, 2.45) is 0 Å². The van der Waals surface area contributed by atoms with E-state index in [1.165, 1.54) is 44.2 Å². The van der Waals surface area contributed by atoms with E-state index in [1.807, 2.05) is 87.5 Å². The van der Waals surface area contributed by atoms with Crippen LogP contribution in [0.15, 0.2) is 155 Å². The standard InChI is InChI=1S/C43H39N7O5.C28H32N6O2/c1-26-19-34(36(20-27(26)2)45-43(52)41-24-37(51)35-21-30(7-10-38(35)55-41)29-11-15-44-16-12-29)42-46-48-50(47-42)33-8-5-28(6-9-33)13-17-49-18-14-31-22-39(53-3)40(54-4)23-32(31)25-49;1-18-13-24(25(29)14-19(18)2)28-30-32-34(31-28)23-7-5-20(6-8-23)9-11-33-12-10-21-15-26(35-3)27(36-4)16-22(21)17-33/h5-12,15-16,19-24H,13-14,17-18,25H2,1-4H3,(H,45,52);5-8,13-16H,9-12,17,29H2,1-4H3. The second-order valence-corrected chi connectivity index (χ2v) is 23.0. The van der Waals surface area contributed by atoms with Gasteiger partial charge >= 0.3 is 0 Å². The van der Waals surface area contributed by atoms with E-state index in [0.29, 0.717) is 39.6 Å². The summed E-state index contributed by atoms with van der Waals surface area (Å²) in [6.07, 6.45) is 7.23. The van der Waals surface area contributed by atoms with Crippen molar-refractivity contribution in [2.75, 3.05) is 65.7 Å². The summed E-state index contributed by atoms with van der Waals surface area (Å²) in [7, 11) is 6.70. The van der Waals surface area contributed by atoms with E-state index in [2.05, 4.69) is 106 Å². The lowest BCUT2D eigenvalue weighted by Gasteiger charge is -2.29. The number of benzene rings is 7. The molecule has 0 saturated carbocycles. The quantitative estimate of drug-likeness (QED) is 0.0808. The Bertz CT molecular complexity index is 4530. The van der Waals surface area contributed by atoms with Gasteiger partial charge in [0.05, 0.1) is 50.9 Å². The fourth-order valence-electron chi connectivity index (χ4n) is 11.6. The Morgan fingerprint density at radius 1 is 0.549 bits per heavy atom. The summed E-state index contributed by atoms with van der Waals surface area (Å²) in [4.78, 5) is 38.8. The minimum Gasteiger partial charge on any atom is -0.493 e. The molecule has 1 amide bonds. The molecule has 20 heteroatoms. The van der Waals surface area contributed by atoms with Gasteiger partial charge < -0.3 is 34.4 Å². The summed E-state index contributed by atoms with van der Waals surface area (Å²) >= 11 is 0. The largest absolute Gasteiger partial charge is 0.493 e. The van der Waals surface area contributed by atoms with Gasteiger partial charge in [0.25, 0.3) is 5.91 Å². The number of aromatic nitrogens is 9. The van der Waals surface area contributed by atoms with E-state index in [-0.39, 0.29) is 11.2 Å². The normalized spacial score (nSPS) is 13.0. The number of fused-ring (bicyclic) bond motifs is 3. The number of anilines is 2. The number of methoxy groups -OCH3 is 4. The number of nitrogens with one attached hydrogen (secondary N) is 1. The number of rotatable bonds is 17. The van der Waals surface area contributed by atoms with Crippen LogP contribution in [0.3, 0.4) is 0 Å². The molecule has 4 aromatic heterocycles. The molecule has 6 heterocycles. The summed E-state index contributed by atoms with van der Waals surface area (Å²) in [5.74, 6) is 3.31. The number of tetrazole rings is 2. The van der Waals surface area contributed by atoms with Crippen LogP contribution in [0, 0.1) is 27.7 Å². The van der Waals surface area contributed by atoms with Gasteiger partial charge in [-0.15, -0.1) is 30.0 Å². The van der Waals surface area contributed by atoms with Crippen molar-refractivity contribution < 1.29 is 28.2 Å². The van der Waals surface area contributed by atoms with Crippen molar-refractivity contribution in [3.05, 3.63) is 217 Å². The van der Waals surface area contributed by atoms with Crippen molar-refractivity contribution in [1.82, 2.24) is 55.2 Å². The van der Waals surface area contributed by atoms with Gasteiger partial charge in [0.1, 0.15) is 5.58 Å². The van der Waals surface area contributed by atoms with Crippen LogP contribution in [0.2, 0.25) is 0 Å². The zero-order chi connectivity index (χ0) is 63.3. The molecule has 462 valence electrons. The summed E-state index contributed by atoms with van der Waals surface area (Å²) in [6, 6.07) is 42.9. The summed E-state index contributed by atoms with van der Waals surface area (Å²) in [5.41, 5.74) is 24.1. The third-order valence-electron chi connectivity index (χ3n) is 17.2. The lowest BCUT2D eigenvalue weighted by Crippen LogP contribution is -2.32. The van der Waals surface area contributed by atoms with E-state index in [1.54, 1.807) is 57.8 Å². The number of hydrogen-bond acceptors (Lipinski definition) is 17. The highest BCUT2D eigenvalue weighted by Crippen LogP contribution is 2.36. The molecule has 0 saturated heterocycles. The second-order valence-electron chi connectivity index (χ2n) is 23.0. The fraction of sp³-hybridized carbons (Fsp3) is 0.254. The van der Waals surface area contributed by atoms with Gasteiger partial charge in [-0.1, -0.05) is 30.3 Å². The van der Waals surface area contributed by atoms with E-state index < -0.39 is 5.91 Å². The average Bonchev–Trinajstić information content (AvgIpc) is 1.93. The summed E-state index contributed by atoms with van der Waals surface area (Å²) < 4.78 is 27.9. The zero-order valence-electron chi connectivity index (χ0n) is 52.3. The SMILES string of the molecule is COc1cc2c(cc1OC)CN(CCc1ccc(-n3nnc(-c4cc(C)c(C)cc4N)n3)cc1)CC2.COc1cc2c(cc1OC)CN(CCc1ccc(-n3nnc(-c4cc(C)c(C)cc4NC(=O)c4cc(=O)c5cc(-c6ccncc6)ccc5o4)n3)cc1)CC2. The smallest absolute Gasteiger partial charge is 0.291 e. The molecular weight excluding hydrogens is 1150 g/mol. The van der Waals surface area contributed by atoms with Crippen LogP contribution >= 0.6 is 0 Å². The Morgan fingerprint density at radius 2 is 1.03 bits per heavy atom. The molecule has 3 N–H and O–H groups in total. The molecule has 2 aliphatic heterocycles. The van der Waals surface area contributed by atoms with Gasteiger partial charge in [-0.05, 0) is 228 Å². The van der Waals surface area contributed by atoms with Gasteiger partial charge in [-0.3, -0.25) is 24.4 Å². The van der Waals surface area contributed by atoms with E-state index in [9.17, 15) is 9.59 Å². The topological polar surface area (TPSA) is 229 Å². The third kappa shape index (κ3) is 13.4. The maximum atomic E-state index is 13.6.